The van der Waals surface area contributed by atoms with Crippen LogP contribution < -0.4 is 15.4 Å². The van der Waals surface area contributed by atoms with Crippen molar-refractivity contribution >= 4 is 11.6 Å². The fraction of sp³-hybridized carbons (Fsp3) is 0.500. The highest BCUT2D eigenvalue weighted by Crippen LogP contribution is 2.34. The Balaban J connectivity index is 1.89. The van der Waals surface area contributed by atoms with Crippen molar-refractivity contribution in [2.45, 2.75) is 25.8 Å². The van der Waals surface area contributed by atoms with Crippen molar-refractivity contribution in [2.75, 3.05) is 19.0 Å². The van der Waals surface area contributed by atoms with Crippen molar-refractivity contribution in [1.29, 1.82) is 0 Å². The Kier molecular flexibility index (Phi) is 4.07. The average molecular weight is 248 g/mol. The van der Waals surface area contributed by atoms with Gasteiger partial charge in [-0.3, -0.25) is 4.79 Å². The van der Waals surface area contributed by atoms with Crippen LogP contribution in [0, 0.1) is 5.92 Å². The zero-order chi connectivity index (χ0) is 13.0. The van der Waals surface area contributed by atoms with Gasteiger partial charge in [0.2, 0.25) is 0 Å². The summed E-state index contributed by atoms with van der Waals surface area (Å²) in [4.78, 5) is 11.1. The first-order valence-corrected chi connectivity index (χ1v) is 6.39. The summed E-state index contributed by atoms with van der Waals surface area (Å²) < 4.78 is 5.40. The fourth-order valence-electron chi connectivity index (χ4n) is 1.87. The second-order valence-electron chi connectivity index (χ2n) is 4.76. The van der Waals surface area contributed by atoms with E-state index in [1.165, 1.54) is 12.8 Å². The second-order valence-corrected chi connectivity index (χ2v) is 4.76. The van der Waals surface area contributed by atoms with Gasteiger partial charge < -0.3 is 15.4 Å². The molecule has 4 nitrogen and oxygen atoms in total. The summed E-state index contributed by atoms with van der Waals surface area (Å²) in [5.41, 5.74) is 1.05. The van der Waals surface area contributed by atoms with Crippen molar-refractivity contribution < 1.29 is 9.53 Å². The summed E-state index contributed by atoms with van der Waals surface area (Å²) in [5.74, 6) is 1.40. The van der Waals surface area contributed by atoms with Crippen LogP contribution in [0.15, 0.2) is 24.3 Å². The SMILES string of the molecule is CNC(=O)COc1cccc(NC(C)C2CC2)c1. The third kappa shape index (κ3) is 3.65. The summed E-state index contributed by atoms with van der Waals surface area (Å²) in [7, 11) is 1.60. The van der Waals surface area contributed by atoms with Gasteiger partial charge in [0.1, 0.15) is 5.75 Å². The first-order valence-electron chi connectivity index (χ1n) is 6.39. The predicted molar refractivity (Wildman–Crippen MR) is 71.8 cm³/mol. The minimum absolute atomic E-state index is 0.0537. The minimum atomic E-state index is -0.125. The fourth-order valence-corrected chi connectivity index (χ4v) is 1.87. The van der Waals surface area contributed by atoms with Crippen LogP contribution >= 0.6 is 0 Å². The number of hydrogen-bond acceptors (Lipinski definition) is 3. The van der Waals surface area contributed by atoms with Crippen LogP contribution in [0.5, 0.6) is 5.75 Å². The average Bonchev–Trinajstić information content (AvgIpc) is 3.20. The van der Waals surface area contributed by atoms with Gasteiger partial charge in [0.15, 0.2) is 6.61 Å². The van der Waals surface area contributed by atoms with Gasteiger partial charge in [-0.05, 0) is 37.8 Å². The van der Waals surface area contributed by atoms with Gasteiger partial charge >= 0.3 is 0 Å². The number of anilines is 1. The Morgan fingerprint density at radius 2 is 2.28 bits per heavy atom. The summed E-state index contributed by atoms with van der Waals surface area (Å²) in [6.07, 6.45) is 2.64. The molecule has 1 fully saturated rings. The Bertz CT molecular complexity index is 416. The van der Waals surface area contributed by atoms with E-state index in [1.807, 2.05) is 24.3 Å². The van der Waals surface area contributed by atoms with E-state index in [0.29, 0.717) is 11.8 Å². The molecule has 1 aliphatic carbocycles. The Morgan fingerprint density at radius 1 is 1.50 bits per heavy atom. The maximum absolute atomic E-state index is 11.1. The third-order valence-corrected chi connectivity index (χ3v) is 3.21. The molecule has 0 aliphatic heterocycles. The van der Waals surface area contributed by atoms with Crippen molar-refractivity contribution in [3.05, 3.63) is 24.3 Å². The summed E-state index contributed by atoms with van der Waals surface area (Å²) >= 11 is 0. The van der Waals surface area contributed by atoms with Crippen LogP contribution in [-0.2, 0) is 4.79 Å². The van der Waals surface area contributed by atoms with Crippen LogP contribution in [0.4, 0.5) is 5.69 Å². The van der Waals surface area contributed by atoms with Crippen molar-refractivity contribution in [1.82, 2.24) is 5.32 Å². The normalized spacial score (nSPS) is 15.9. The molecule has 18 heavy (non-hydrogen) atoms. The largest absolute Gasteiger partial charge is 0.484 e. The maximum Gasteiger partial charge on any atom is 0.257 e. The van der Waals surface area contributed by atoms with Crippen molar-refractivity contribution in [2.24, 2.45) is 5.92 Å². The monoisotopic (exact) mass is 248 g/mol. The Morgan fingerprint density at radius 3 is 2.94 bits per heavy atom. The topological polar surface area (TPSA) is 50.4 Å². The van der Waals surface area contributed by atoms with Crippen molar-refractivity contribution in [3.8, 4) is 5.75 Å². The minimum Gasteiger partial charge on any atom is -0.484 e. The summed E-state index contributed by atoms with van der Waals surface area (Å²) in [6, 6.07) is 8.24. The molecule has 0 aromatic heterocycles. The molecule has 2 rings (SSSR count). The summed E-state index contributed by atoms with van der Waals surface area (Å²) in [5, 5.41) is 5.99. The van der Waals surface area contributed by atoms with E-state index >= 15 is 0 Å². The standard InChI is InChI=1S/C14H20N2O2/c1-10(11-6-7-11)16-12-4-3-5-13(8-12)18-9-14(17)15-2/h3-5,8,10-11,16H,6-7,9H2,1-2H3,(H,15,17). The van der Waals surface area contributed by atoms with Crippen LogP contribution in [0.1, 0.15) is 19.8 Å². The van der Waals surface area contributed by atoms with E-state index in [-0.39, 0.29) is 12.5 Å². The van der Waals surface area contributed by atoms with Crippen LogP contribution in [0.3, 0.4) is 0 Å². The van der Waals surface area contributed by atoms with Crippen molar-refractivity contribution in [3.63, 3.8) is 0 Å². The molecule has 4 heteroatoms. The molecule has 1 unspecified atom stereocenters. The zero-order valence-electron chi connectivity index (χ0n) is 10.9. The molecule has 1 aromatic carbocycles. The van der Waals surface area contributed by atoms with E-state index in [4.69, 9.17) is 4.74 Å². The number of rotatable bonds is 6. The van der Waals surface area contributed by atoms with Gasteiger partial charge in [0.05, 0.1) is 0 Å². The molecule has 1 amide bonds. The number of ether oxygens (including phenoxy) is 1. The molecule has 1 saturated carbocycles. The van der Waals surface area contributed by atoms with Gasteiger partial charge in [-0.1, -0.05) is 6.07 Å². The number of hydrogen-bond donors (Lipinski definition) is 2. The highest BCUT2D eigenvalue weighted by atomic mass is 16.5. The van der Waals surface area contributed by atoms with E-state index in [9.17, 15) is 4.79 Å². The van der Waals surface area contributed by atoms with Gasteiger partial charge in [0.25, 0.3) is 5.91 Å². The third-order valence-electron chi connectivity index (χ3n) is 3.21. The first kappa shape index (κ1) is 12.7. The molecule has 0 heterocycles. The lowest BCUT2D eigenvalue weighted by Gasteiger charge is -2.15. The van der Waals surface area contributed by atoms with E-state index in [1.54, 1.807) is 7.05 Å². The highest BCUT2D eigenvalue weighted by molar-refractivity contribution is 5.77. The smallest absolute Gasteiger partial charge is 0.257 e. The number of benzene rings is 1. The zero-order valence-corrected chi connectivity index (χ0v) is 10.9. The Labute approximate surface area is 108 Å². The summed E-state index contributed by atoms with van der Waals surface area (Å²) in [6.45, 7) is 2.26. The van der Waals surface area contributed by atoms with Gasteiger partial charge in [-0.15, -0.1) is 0 Å². The molecular weight excluding hydrogens is 228 g/mol. The molecule has 0 spiro atoms. The highest BCUT2D eigenvalue weighted by Gasteiger charge is 2.27. The van der Waals surface area contributed by atoms with Crippen LogP contribution in [0.25, 0.3) is 0 Å². The molecule has 2 N–H and O–H groups in total. The second kappa shape index (κ2) is 5.76. The lowest BCUT2D eigenvalue weighted by molar-refractivity contribution is -0.122. The van der Waals surface area contributed by atoms with E-state index in [0.717, 1.165) is 11.6 Å². The van der Waals surface area contributed by atoms with Gasteiger partial charge in [-0.2, -0.15) is 0 Å². The molecule has 1 aromatic rings. The van der Waals surface area contributed by atoms with Crippen LogP contribution in [-0.4, -0.2) is 25.6 Å². The van der Waals surface area contributed by atoms with Gasteiger partial charge in [-0.25, -0.2) is 0 Å². The van der Waals surface area contributed by atoms with Gasteiger partial charge in [0, 0.05) is 24.8 Å². The molecule has 1 atom stereocenters. The molecular formula is C14H20N2O2. The quantitative estimate of drug-likeness (QED) is 0.809. The number of nitrogens with one attached hydrogen (secondary N) is 2. The molecule has 98 valence electrons. The number of carbonyl (C=O) groups excluding carboxylic acids is 1. The number of amides is 1. The maximum atomic E-state index is 11.1. The molecule has 1 aliphatic rings. The number of likely N-dealkylation sites (N-methyl/N-ethyl adjacent to an activating group) is 1. The van der Waals surface area contributed by atoms with E-state index in [2.05, 4.69) is 17.6 Å². The lowest BCUT2D eigenvalue weighted by atomic mass is 10.2. The molecule has 0 radical (unpaired) electrons. The first-order chi connectivity index (χ1) is 8.69. The number of carbonyl (C=O) groups is 1. The molecule has 0 bridgehead atoms. The van der Waals surface area contributed by atoms with E-state index < -0.39 is 0 Å². The Hall–Kier alpha value is -1.71. The lowest BCUT2D eigenvalue weighted by Crippen LogP contribution is -2.24. The predicted octanol–water partition coefficient (Wildman–Crippen LogP) is 2.02. The molecule has 0 saturated heterocycles. The van der Waals surface area contributed by atoms with Crippen LogP contribution in [0.2, 0.25) is 0 Å².